The molecule has 0 unspecified atom stereocenters. The molecule has 1 saturated heterocycles. The van der Waals surface area contributed by atoms with E-state index in [0.717, 1.165) is 36.5 Å². The van der Waals surface area contributed by atoms with E-state index in [2.05, 4.69) is 27.8 Å². The Morgan fingerprint density at radius 2 is 2.04 bits per heavy atom. The Hall–Kier alpha value is -1.88. The first kappa shape index (κ1) is 17.0. The molecule has 1 N–H and O–H groups in total. The number of fused-ring (bicyclic) bond motifs is 1. The first-order valence-electron chi connectivity index (χ1n) is 9.16. The third-order valence-corrected chi connectivity index (χ3v) is 4.70. The van der Waals surface area contributed by atoms with Crippen LogP contribution in [-0.4, -0.2) is 33.4 Å². The second kappa shape index (κ2) is 7.79. The Bertz CT molecular complexity index is 701. The SMILES string of the molecule is CCCCn1c(CN2CCCCC2)nc2cc(NC(C)=O)ccc21. The second-order valence-electron chi connectivity index (χ2n) is 6.75. The first-order chi connectivity index (χ1) is 11.7. The lowest BCUT2D eigenvalue weighted by molar-refractivity contribution is -0.114. The largest absolute Gasteiger partial charge is 0.327 e. The van der Waals surface area contributed by atoms with E-state index < -0.39 is 0 Å². The number of carbonyl (C=O) groups is 1. The number of hydrogen-bond acceptors (Lipinski definition) is 3. The molecule has 1 aromatic carbocycles. The van der Waals surface area contributed by atoms with Crippen LogP contribution in [0.15, 0.2) is 18.2 Å². The number of rotatable bonds is 6. The fourth-order valence-electron chi connectivity index (χ4n) is 3.46. The summed E-state index contributed by atoms with van der Waals surface area (Å²) in [5.41, 5.74) is 2.97. The summed E-state index contributed by atoms with van der Waals surface area (Å²) >= 11 is 0. The second-order valence-corrected chi connectivity index (χ2v) is 6.75. The van der Waals surface area contributed by atoms with E-state index in [1.165, 1.54) is 51.2 Å². The molecule has 0 saturated carbocycles. The van der Waals surface area contributed by atoms with Crippen LogP contribution in [0.1, 0.15) is 51.8 Å². The summed E-state index contributed by atoms with van der Waals surface area (Å²) in [7, 11) is 0. The summed E-state index contributed by atoms with van der Waals surface area (Å²) in [6.07, 6.45) is 6.27. The van der Waals surface area contributed by atoms with Crippen molar-refractivity contribution in [2.45, 2.75) is 59.0 Å². The summed E-state index contributed by atoms with van der Waals surface area (Å²) < 4.78 is 2.37. The molecule has 1 fully saturated rings. The van der Waals surface area contributed by atoms with Crippen molar-refractivity contribution in [3.63, 3.8) is 0 Å². The van der Waals surface area contributed by atoms with Gasteiger partial charge in [0.15, 0.2) is 0 Å². The number of likely N-dealkylation sites (tertiary alicyclic amines) is 1. The minimum Gasteiger partial charge on any atom is -0.327 e. The van der Waals surface area contributed by atoms with Crippen molar-refractivity contribution >= 4 is 22.6 Å². The number of carbonyl (C=O) groups excluding carboxylic acids is 1. The number of nitrogens with one attached hydrogen (secondary N) is 1. The number of aromatic nitrogens is 2. The Morgan fingerprint density at radius 1 is 1.25 bits per heavy atom. The normalized spacial score (nSPS) is 15.8. The molecule has 2 aromatic rings. The fraction of sp³-hybridized carbons (Fsp3) is 0.579. The summed E-state index contributed by atoms with van der Waals surface area (Å²) in [6, 6.07) is 6.04. The maximum atomic E-state index is 11.3. The van der Waals surface area contributed by atoms with E-state index in [1.807, 2.05) is 12.1 Å². The van der Waals surface area contributed by atoms with Gasteiger partial charge in [-0.15, -0.1) is 0 Å². The van der Waals surface area contributed by atoms with Gasteiger partial charge in [0.25, 0.3) is 0 Å². The Morgan fingerprint density at radius 3 is 2.75 bits per heavy atom. The summed E-state index contributed by atoms with van der Waals surface area (Å²) in [6.45, 7) is 8.04. The summed E-state index contributed by atoms with van der Waals surface area (Å²) in [4.78, 5) is 18.7. The van der Waals surface area contributed by atoms with Crippen LogP contribution in [0.5, 0.6) is 0 Å². The number of unbranched alkanes of at least 4 members (excludes halogenated alkanes) is 1. The highest BCUT2D eigenvalue weighted by Gasteiger charge is 2.16. The number of hydrogen-bond donors (Lipinski definition) is 1. The molecule has 1 aliphatic rings. The monoisotopic (exact) mass is 328 g/mol. The standard InChI is InChI=1S/C19H28N4O/c1-3-4-12-23-18-9-8-16(20-15(2)24)13-17(18)21-19(23)14-22-10-6-5-7-11-22/h8-9,13H,3-7,10-12,14H2,1-2H3,(H,20,24). The zero-order chi connectivity index (χ0) is 16.9. The Labute approximate surface area is 144 Å². The van der Waals surface area contributed by atoms with Crippen molar-refractivity contribution < 1.29 is 4.79 Å². The van der Waals surface area contributed by atoms with Crippen molar-refractivity contribution in [2.24, 2.45) is 0 Å². The molecular weight excluding hydrogens is 300 g/mol. The molecule has 0 atom stereocenters. The molecule has 3 rings (SSSR count). The minimum absolute atomic E-state index is 0.0479. The van der Waals surface area contributed by atoms with Crippen molar-refractivity contribution in [3.05, 3.63) is 24.0 Å². The highest BCUT2D eigenvalue weighted by Crippen LogP contribution is 2.23. The van der Waals surface area contributed by atoms with E-state index in [9.17, 15) is 4.79 Å². The van der Waals surface area contributed by atoms with Gasteiger partial charge in [0.2, 0.25) is 5.91 Å². The Kier molecular flexibility index (Phi) is 5.51. The Balaban J connectivity index is 1.90. The first-order valence-corrected chi connectivity index (χ1v) is 9.16. The van der Waals surface area contributed by atoms with Gasteiger partial charge in [-0.05, 0) is 50.6 Å². The van der Waals surface area contributed by atoms with Crippen LogP contribution < -0.4 is 5.32 Å². The lowest BCUT2D eigenvalue weighted by Gasteiger charge is -2.26. The lowest BCUT2D eigenvalue weighted by Crippen LogP contribution is -2.30. The van der Waals surface area contributed by atoms with Crippen LogP contribution in [0.4, 0.5) is 5.69 Å². The average molecular weight is 328 g/mol. The highest BCUT2D eigenvalue weighted by molar-refractivity contribution is 5.91. The number of nitrogens with zero attached hydrogens (tertiary/aromatic N) is 3. The van der Waals surface area contributed by atoms with Gasteiger partial charge in [-0.1, -0.05) is 19.8 Å². The molecular formula is C19H28N4O. The maximum Gasteiger partial charge on any atom is 0.221 e. The maximum absolute atomic E-state index is 11.3. The van der Waals surface area contributed by atoms with Crippen molar-refractivity contribution in [3.8, 4) is 0 Å². The number of anilines is 1. The van der Waals surface area contributed by atoms with Gasteiger partial charge in [0.05, 0.1) is 17.6 Å². The van der Waals surface area contributed by atoms with Gasteiger partial charge in [0, 0.05) is 19.2 Å². The zero-order valence-corrected chi connectivity index (χ0v) is 14.8. The van der Waals surface area contributed by atoms with Gasteiger partial charge in [0.1, 0.15) is 5.82 Å². The number of imidazole rings is 1. The van der Waals surface area contributed by atoms with Crippen LogP contribution in [0.2, 0.25) is 0 Å². The molecule has 0 aliphatic carbocycles. The van der Waals surface area contributed by atoms with Gasteiger partial charge in [-0.25, -0.2) is 4.98 Å². The quantitative estimate of drug-likeness (QED) is 0.878. The number of aryl methyl sites for hydroxylation is 1. The predicted molar refractivity (Wildman–Crippen MR) is 98.1 cm³/mol. The summed E-state index contributed by atoms with van der Waals surface area (Å²) in [5, 5.41) is 2.85. The highest BCUT2D eigenvalue weighted by atomic mass is 16.1. The summed E-state index contributed by atoms with van der Waals surface area (Å²) in [5.74, 6) is 1.11. The molecule has 5 heteroatoms. The van der Waals surface area contributed by atoms with Gasteiger partial charge in [-0.2, -0.15) is 0 Å². The molecule has 1 aliphatic heterocycles. The molecule has 0 spiro atoms. The van der Waals surface area contributed by atoms with E-state index in [0.29, 0.717) is 0 Å². The van der Waals surface area contributed by atoms with Crippen LogP contribution in [0, 0.1) is 0 Å². The van der Waals surface area contributed by atoms with Crippen LogP contribution in [-0.2, 0) is 17.9 Å². The number of piperidine rings is 1. The number of amides is 1. The third-order valence-electron chi connectivity index (χ3n) is 4.70. The lowest BCUT2D eigenvalue weighted by atomic mass is 10.1. The topological polar surface area (TPSA) is 50.2 Å². The van der Waals surface area contributed by atoms with E-state index in [1.54, 1.807) is 0 Å². The van der Waals surface area contributed by atoms with Gasteiger partial charge in [-0.3, -0.25) is 9.69 Å². The average Bonchev–Trinajstić information content (AvgIpc) is 2.89. The van der Waals surface area contributed by atoms with E-state index in [-0.39, 0.29) is 5.91 Å². The zero-order valence-electron chi connectivity index (χ0n) is 14.8. The van der Waals surface area contributed by atoms with Gasteiger partial charge < -0.3 is 9.88 Å². The molecule has 24 heavy (non-hydrogen) atoms. The third kappa shape index (κ3) is 3.96. The molecule has 1 aromatic heterocycles. The molecule has 0 radical (unpaired) electrons. The van der Waals surface area contributed by atoms with E-state index >= 15 is 0 Å². The molecule has 5 nitrogen and oxygen atoms in total. The van der Waals surface area contributed by atoms with Crippen molar-refractivity contribution in [2.75, 3.05) is 18.4 Å². The minimum atomic E-state index is -0.0479. The van der Waals surface area contributed by atoms with E-state index in [4.69, 9.17) is 4.98 Å². The molecule has 130 valence electrons. The van der Waals surface area contributed by atoms with Crippen LogP contribution >= 0.6 is 0 Å². The van der Waals surface area contributed by atoms with Crippen LogP contribution in [0.3, 0.4) is 0 Å². The molecule has 0 bridgehead atoms. The number of benzene rings is 1. The molecule has 2 heterocycles. The fourth-order valence-corrected chi connectivity index (χ4v) is 3.46. The molecule has 1 amide bonds. The van der Waals surface area contributed by atoms with Crippen molar-refractivity contribution in [1.82, 2.24) is 14.5 Å². The predicted octanol–water partition coefficient (Wildman–Crippen LogP) is 3.78. The van der Waals surface area contributed by atoms with Crippen LogP contribution in [0.25, 0.3) is 11.0 Å². The smallest absolute Gasteiger partial charge is 0.221 e. The van der Waals surface area contributed by atoms with Gasteiger partial charge >= 0.3 is 0 Å². The van der Waals surface area contributed by atoms with Crippen molar-refractivity contribution in [1.29, 1.82) is 0 Å².